The Labute approximate surface area is 303 Å². The van der Waals surface area contributed by atoms with Crippen molar-refractivity contribution in [1.29, 1.82) is 0 Å². The zero-order chi connectivity index (χ0) is 37.6. The number of carboxylic acid groups (broad SMARTS) is 1. The summed E-state index contributed by atoms with van der Waals surface area (Å²) in [6.45, 7) is 3.63. The topological polar surface area (TPSA) is 128 Å². The van der Waals surface area contributed by atoms with Crippen molar-refractivity contribution in [2.75, 3.05) is 17.5 Å². The van der Waals surface area contributed by atoms with Gasteiger partial charge in [0.15, 0.2) is 0 Å². The van der Waals surface area contributed by atoms with E-state index in [-0.39, 0.29) is 25.3 Å². The number of alkyl halides is 3. The molecule has 0 aliphatic heterocycles. The van der Waals surface area contributed by atoms with Gasteiger partial charge in [-0.1, -0.05) is 53.5 Å². The number of aliphatic carboxylic acids is 1. The van der Waals surface area contributed by atoms with Gasteiger partial charge in [-0.15, -0.1) is 0 Å². The maximum atomic E-state index is 13.1. The molecule has 0 fully saturated rings. The highest BCUT2D eigenvalue weighted by Gasteiger charge is 2.36. The second-order valence-corrected chi connectivity index (χ2v) is 14.8. The van der Waals surface area contributed by atoms with Gasteiger partial charge in [-0.2, -0.15) is 21.6 Å². The van der Waals surface area contributed by atoms with Gasteiger partial charge in [-0.05, 0) is 86.9 Å². The van der Waals surface area contributed by atoms with Crippen LogP contribution in [0.25, 0.3) is 23.4 Å². The first kappa shape index (κ1) is 39.3. The van der Waals surface area contributed by atoms with Crippen molar-refractivity contribution in [2.45, 2.75) is 51.9 Å². The number of nitrogens with zero attached hydrogens (tertiary/aromatic N) is 3. The predicted molar refractivity (Wildman–Crippen MR) is 190 cm³/mol. The lowest BCUT2D eigenvalue weighted by Crippen LogP contribution is -2.42. The minimum atomic E-state index is -4.85. The van der Waals surface area contributed by atoms with E-state index in [1.54, 1.807) is 72.9 Å². The molecular formula is C35H34Cl2F3N3O7S. The van der Waals surface area contributed by atoms with Gasteiger partial charge in [-0.3, -0.25) is 4.79 Å². The molecule has 4 aromatic rings. The van der Waals surface area contributed by atoms with Gasteiger partial charge in [0.2, 0.25) is 0 Å². The Balaban J connectivity index is 1.60. The van der Waals surface area contributed by atoms with Crippen molar-refractivity contribution in [2.24, 2.45) is 0 Å². The highest BCUT2D eigenvalue weighted by atomic mass is 35.5. The van der Waals surface area contributed by atoms with E-state index in [0.717, 1.165) is 5.56 Å². The highest BCUT2D eigenvalue weighted by molar-refractivity contribution is 8.06. The molecule has 1 N–H and O–H groups in total. The number of hydrogen-bond acceptors (Lipinski definition) is 7. The number of imidazole rings is 1. The standard InChI is InChI=1S/C35H34Cl2F3N3O7S/c1-34(2,3)50-33(46)51(47,48)43(22-32(44)45)26-11-5-24(6-12-26)20-42-21-30(28-15-10-25(36)19-29(28)37)41-31(42)16-9-23-7-13-27(14-8-23)49-18-4-17-35(38,39)40/h5-16,19,21H,4,17-18,20,22H2,1-3H3,(H,44,45)/b16-9+. The van der Waals surface area contributed by atoms with Gasteiger partial charge < -0.3 is 19.1 Å². The van der Waals surface area contributed by atoms with Gasteiger partial charge >= 0.3 is 27.5 Å². The number of aromatic nitrogens is 2. The fourth-order valence-electron chi connectivity index (χ4n) is 4.62. The van der Waals surface area contributed by atoms with Crippen LogP contribution in [0, 0.1) is 0 Å². The number of carbonyl (C=O) groups excluding carboxylic acids is 1. The zero-order valence-electron chi connectivity index (χ0n) is 27.7. The summed E-state index contributed by atoms with van der Waals surface area (Å²) < 4.78 is 76.0. The van der Waals surface area contributed by atoms with E-state index in [1.807, 2.05) is 4.57 Å². The Morgan fingerprint density at radius 3 is 2.24 bits per heavy atom. The molecular weight excluding hydrogens is 734 g/mol. The predicted octanol–water partition coefficient (Wildman–Crippen LogP) is 8.95. The summed E-state index contributed by atoms with van der Waals surface area (Å²) in [5.41, 5.74) is 1.40. The second-order valence-electron chi connectivity index (χ2n) is 12.2. The number of ether oxygens (including phenoxy) is 2. The molecule has 0 bridgehead atoms. The number of anilines is 1. The van der Waals surface area contributed by atoms with Crippen LogP contribution >= 0.6 is 23.2 Å². The first-order valence-electron chi connectivity index (χ1n) is 15.4. The Bertz CT molecular complexity index is 1990. The van der Waals surface area contributed by atoms with E-state index in [0.29, 0.717) is 42.7 Å². The van der Waals surface area contributed by atoms with Crippen molar-refractivity contribution < 1.29 is 45.8 Å². The molecule has 0 amide bonds. The van der Waals surface area contributed by atoms with Gasteiger partial charge in [0.25, 0.3) is 0 Å². The van der Waals surface area contributed by atoms with Crippen molar-refractivity contribution in [3.05, 3.63) is 99.9 Å². The second kappa shape index (κ2) is 16.2. The monoisotopic (exact) mass is 767 g/mol. The SMILES string of the molecule is CC(C)(C)OC(=O)S(=O)(=O)N(CC(=O)O)c1ccc(Cn2cc(-c3ccc(Cl)cc3Cl)nc2/C=C/c2ccc(OCCCC(F)(F)F)cc2)cc1. The van der Waals surface area contributed by atoms with Crippen LogP contribution in [-0.4, -0.2) is 59.3 Å². The summed E-state index contributed by atoms with van der Waals surface area (Å²) in [5.74, 6) is -0.537. The first-order chi connectivity index (χ1) is 23.8. The largest absolute Gasteiger partial charge is 0.494 e. The van der Waals surface area contributed by atoms with Gasteiger partial charge in [-0.25, -0.2) is 14.1 Å². The third-order valence-corrected chi connectivity index (χ3v) is 8.91. The number of carbonyl (C=O) groups is 2. The number of sulfonamides is 1. The number of carboxylic acids is 1. The quantitative estimate of drug-likeness (QED) is 0.106. The molecule has 1 heterocycles. The van der Waals surface area contributed by atoms with Crippen molar-refractivity contribution in [3.63, 3.8) is 0 Å². The Hall–Kier alpha value is -4.53. The van der Waals surface area contributed by atoms with Gasteiger partial charge in [0.05, 0.1) is 23.0 Å². The molecule has 272 valence electrons. The maximum absolute atomic E-state index is 13.1. The number of halogens is 5. The molecule has 10 nitrogen and oxygen atoms in total. The number of hydrogen-bond donors (Lipinski definition) is 1. The fraction of sp³-hybridized carbons (Fsp3) is 0.286. The molecule has 3 aromatic carbocycles. The Kier molecular flexibility index (Phi) is 12.5. The molecule has 0 spiro atoms. The Morgan fingerprint density at radius 2 is 1.65 bits per heavy atom. The molecule has 0 saturated carbocycles. The van der Waals surface area contributed by atoms with Gasteiger partial charge in [0.1, 0.15) is 23.7 Å². The van der Waals surface area contributed by atoms with Crippen LogP contribution < -0.4 is 9.04 Å². The van der Waals surface area contributed by atoms with E-state index >= 15 is 0 Å². The maximum Gasteiger partial charge on any atom is 0.445 e. The first-order valence-corrected chi connectivity index (χ1v) is 17.6. The molecule has 0 aliphatic rings. The van der Waals surface area contributed by atoms with Crippen molar-refractivity contribution >= 4 is 62.3 Å². The van der Waals surface area contributed by atoms with Crippen LogP contribution in [0.3, 0.4) is 0 Å². The molecule has 0 aliphatic carbocycles. The summed E-state index contributed by atoms with van der Waals surface area (Å²) in [6, 6.07) is 17.7. The van der Waals surface area contributed by atoms with Crippen molar-refractivity contribution in [3.8, 4) is 17.0 Å². The lowest BCUT2D eigenvalue weighted by molar-refractivity contribution is -0.137. The van der Waals surface area contributed by atoms with E-state index in [9.17, 15) is 36.3 Å². The minimum absolute atomic E-state index is 0.0563. The van der Waals surface area contributed by atoms with E-state index in [4.69, 9.17) is 37.7 Å². The molecule has 4 rings (SSSR count). The molecule has 16 heteroatoms. The van der Waals surface area contributed by atoms with Crippen molar-refractivity contribution in [1.82, 2.24) is 9.55 Å². The van der Waals surface area contributed by atoms with E-state index < -0.39 is 46.0 Å². The van der Waals surface area contributed by atoms with Crippen LogP contribution in [0.2, 0.25) is 10.0 Å². The molecule has 0 unspecified atom stereocenters. The van der Waals surface area contributed by atoms with E-state index in [2.05, 4.69) is 0 Å². The molecule has 0 saturated heterocycles. The third kappa shape index (κ3) is 11.5. The average Bonchev–Trinajstić information content (AvgIpc) is 3.42. The third-order valence-electron chi connectivity index (χ3n) is 6.94. The molecule has 51 heavy (non-hydrogen) atoms. The summed E-state index contributed by atoms with van der Waals surface area (Å²) in [4.78, 5) is 28.9. The average molecular weight is 769 g/mol. The van der Waals surface area contributed by atoms with Gasteiger partial charge in [0, 0.05) is 29.7 Å². The lowest BCUT2D eigenvalue weighted by Gasteiger charge is -2.25. The van der Waals surface area contributed by atoms with Crippen LogP contribution in [0.1, 0.15) is 50.6 Å². The summed E-state index contributed by atoms with van der Waals surface area (Å²) in [6.07, 6.45) is -0.00212. The molecule has 1 aromatic heterocycles. The Morgan fingerprint density at radius 1 is 0.980 bits per heavy atom. The van der Waals surface area contributed by atoms with E-state index in [1.165, 1.54) is 32.9 Å². The highest BCUT2D eigenvalue weighted by Crippen LogP contribution is 2.31. The van der Waals surface area contributed by atoms with Crippen LogP contribution in [0.5, 0.6) is 5.75 Å². The smallest absolute Gasteiger partial charge is 0.445 e. The van der Waals surface area contributed by atoms with Crippen LogP contribution in [-0.2, 0) is 26.1 Å². The van der Waals surface area contributed by atoms with Crippen LogP contribution in [0.15, 0.2) is 72.9 Å². The number of benzene rings is 3. The fourth-order valence-corrected chi connectivity index (χ4v) is 6.34. The molecule has 0 radical (unpaired) electrons. The summed E-state index contributed by atoms with van der Waals surface area (Å²) in [5, 5.41) is 8.66. The lowest BCUT2D eigenvalue weighted by atomic mass is 10.1. The summed E-state index contributed by atoms with van der Waals surface area (Å²) in [7, 11) is -4.85. The van der Waals surface area contributed by atoms with Crippen LogP contribution in [0.4, 0.5) is 23.7 Å². The zero-order valence-corrected chi connectivity index (χ0v) is 30.0. The number of rotatable bonds is 13. The minimum Gasteiger partial charge on any atom is -0.494 e. The molecule has 0 atom stereocenters. The normalized spacial score (nSPS) is 12.2. The summed E-state index contributed by atoms with van der Waals surface area (Å²) >= 11 is 12.6.